The van der Waals surface area contributed by atoms with Crippen LogP contribution in [-0.2, 0) is 0 Å². The molecule has 1 rings (SSSR count). The molecule has 1 unspecified atom stereocenters. The maximum absolute atomic E-state index is 12.4. The van der Waals surface area contributed by atoms with Gasteiger partial charge in [-0.3, -0.25) is 4.79 Å². The maximum Gasteiger partial charge on any atom is 0.447 e. The van der Waals surface area contributed by atoms with Gasteiger partial charge in [-0.05, 0) is 24.5 Å². The largest absolute Gasteiger partial charge is 0.447 e. The lowest BCUT2D eigenvalue weighted by atomic mass is 10.1. The van der Waals surface area contributed by atoms with E-state index in [4.69, 9.17) is 5.11 Å². The Morgan fingerprint density at radius 1 is 1.55 bits per heavy atom. The Hall–Kier alpha value is -1.28. The van der Waals surface area contributed by atoms with E-state index in [1.807, 2.05) is 6.92 Å². The van der Waals surface area contributed by atoms with Gasteiger partial charge in [0.25, 0.3) is 5.91 Å². The van der Waals surface area contributed by atoms with Gasteiger partial charge in [-0.1, -0.05) is 6.92 Å². The Morgan fingerprint density at radius 2 is 2.25 bits per heavy atom. The fraction of sp³-hybridized carbons (Fsp3) is 0.500. The highest BCUT2D eigenvalue weighted by atomic mass is 32.2. The van der Waals surface area contributed by atoms with Gasteiger partial charge in [0.1, 0.15) is 5.03 Å². The fourth-order valence-corrected chi connectivity index (χ4v) is 2.04. The SMILES string of the molecule is CC(CCO)CNC(=O)c1cccnc1SC(F)(F)F. The summed E-state index contributed by atoms with van der Waals surface area (Å²) in [5, 5.41) is 10.9. The second-order valence-electron chi connectivity index (χ2n) is 4.23. The summed E-state index contributed by atoms with van der Waals surface area (Å²) in [7, 11) is 0. The number of aliphatic hydroxyl groups excluding tert-OH is 1. The molecule has 0 saturated heterocycles. The van der Waals surface area contributed by atoms with Crippen LogP contribution in [-0.4, -0.2) is 34.7 Å². The predicted molar refractivity (Wildman–Crippen MR) is 69.3 cm³/mol. The summed E-state index contributed by atoms with van der Waals surface area (Å²) in [6.07, 6.45) is 1.72. The van der Waals surface area contributed by atoms with E-state index >= 15 is 0 Å². The van der Waals surface area contributed by atoms with Crippen molar-refractivity contribution in [3.05, 3.63) is 23.9 Å². The molecule has 0 radical (unpaired) electrons. The van der Waals surface area contributed by atoms with Crippen molar-refractivity contribution < 1.29 is 23.1 Å². The van der Waals surface area contributed by atoms with Gasteiger partial charge in [0, 0.05) is 31.1 Å². The minimum Gasteiger partial charge on any atom is -0.396 e. The van der Waals surface area contributed by atoms with Crippen molar-refractivity contribution in [1.29, 1.82) is 0 Å². The second kappa shape index (κ2) is 7.49. The van der Waals surface area contributed by atoms with Crippen molar-refractivity contribution in [2.75, 3.05) is 13.2 Å². The van der Waals surface area contributed by atoms with Gasteiger partial charge in [0.2, 0.25) is 0 Å². The Bertz CT molecular complexity index is 455. The molecule has 0 aromatic carbocycles. The molecule has 2 N–H and O–H groups in total. The number of pyridine rings is 1. The number of nitrogens with zero attached hydrogens (tertiary/aromatic N) is 1. The monoisotopic (exact) mass is 308 g/mol. The summed E-state index contributed by atoms with van der Waals surface area (Å²) < 4.78 is 37.1. The van der Waals surface area contributed by atoms with Crippen LogP contribution in [0.15, 0.2) is 23.4 Å². The average Bonchev–Trinajstić information content (AvgIpc) is 2.35. The third-order valence-electron chi connectivity index (χ3n) is 2.46. The topological polar surface area (TPSA) is 62.2 Å². The molecule has 8 heteroatoms. The molecule has 1 amide bonds. The molecular formula is C12H15F3N2O2S. The van der Waals surface area contributed by atoms with E-state index < -0.39 is 23.2 Å². The highest BCUT2D eigenvalue weighted by Gasteiger charge is 2.32. The third kappa shape index (κ3) is 5.79. The number of amides is 1. The number of aromatic nitrogens is 1. The zero-order chi connectivity index (χ0) is 15.2. The molecule has 1 heterocycles. The van der Waals surface area contributed by atoms with Crippen LogP contribution < -0.4 is 5.32 Å². The van der Waals surface area contributed by atoms with Gasteiger partial charge in [-0.25, -0.2) is 4.98 Å². The summed E-state index contributed by atoms with van der Waals surface area (Å²) in [4.78, 5) is 15.5. The smallest absolute Gasteiger partial charge is 0.396 e. The lowest BCUT2D eigenvalue weighted by Crippen LogP contribution is -2.29. The van der Waals surface area contributed by atoms with Crippen LogP contribution in [0.1, 0.15) is 23.7 Å². The van der Waals surface area contributed by atoms with Crippen LogP contribution in [0.25, 0.3) is 0 Å². The third-order valence-corrected chi connectivity index (χ3v) is 3.21. The zero-order valence-corrected chi connectivity index (χ0v) is 11.6. The Balaban J connectivity index is 2.73. The van der Waals surface area contributed by atoms with E-state index in [0.29, 0.717) is 6.42 Å². The molecule has 0 aliphatic heterocycles. The van der Waals surface area contributed by atoms with Crippen molar-refractivity contribution in [1.82, 2.24) is 10.3 Å². The number of rotatable bonds is 6. The molecular weight excluding hydrogens is 293 g/mol. The predicted octanol–water partition coefficient (Wildman–Crippen LogP) is 2.44. The van der Waals surface area contributed by atoms with Gasteiger partial charge in [-0.15, -0.1) is 0 Å². The van der Waals surface area contributed by atoms with Crippen LogP contribution in [0, 0.1) is 5.92 Å². The number of aliphatic hydroxyl groups is 1. The first-order valence-electron chi connectivity index (χ1n) is 5.93. The molecule has 0 fully saturated rings. The van der Waals surface area contributed by atoms with Crippen molar-refractivity contribution in [2.45, 2.75) is 23.9 Å². The van der Waals surface area contributed by atoms with E-state index in [0.717, 1.165) is 0 Å². The van der Waals surface area contributed by atoms with Crippen LogP contribution >= 0.6 is 11.8 Å². The van der Waals surface area contributed by atoms with E-state index in [9.17, 15) is 18.0 Å². The highest BCUT2D eigenvalue weighted by Crippen LogP contribution is 2.37. The molecule has 0 aliphatic rings. The van der Waals surface area contributed by atoms with Crippen LogP contribution in [0.2, 0.25) is 0 Å². The lowest BCUT2D eigenvalue weighted by Gasteiger charge is -2.13. The number of alkyl halides is 3. The Labute approximate surface area is 118 Å². The summed E-state index contributed by atoms with van der Waals surface area (Å²) in [5.41, 5.74) is -4.60. The number of carbonyl (C=O) groups is 1. The highest BCUT2D eigenvalue weighted by molar-refractivity contribution is 8.00. The minimum atomic E-state index is -4.49. The van der Waals surface area contributed by atoms with Crippen LogP contribution in [0.5, 0.6) is 0 Å². The fourth-order valence-electron chi connectivity index (χ4n) is 1.44. The van der Waals surface area contributed by atoms with E-state index in [1.54, 1.807) is 0 Å². The van der Waals surface area contributed by atoms with Gasteiger partial charge in [-0.2, -0.15) is 13.2 Å². The maximum atomic E-state index is 12.4. The average molecular weight is 308 g/mol. The van der Waals surface area contributed by atoms with Crippen molar-refractivity contribution in [3.63, 3.8) is 0 Å². The molecule has 1 aromatic rings. The summed E-state index contributed by atoms with van der Waals surface area (Å²) in [5.74, 6) is -0.561. The first-order valence-corrected chi connectivity index (χ1v) is 6.75. The van der Waals surface area contributed by atoms with Crippen LogP contribution in [0.4, 0.5) is 13.2 Å². The summed E-state index contributed by atoms with van der Waals surface area (Å²) >= 11 is -0.412. The molecule has 0 saturated carbocycles. The van der Waals surface area contributed by atoms with Gasteiger partial charge in [0.05, 0.1) is 5.56 Å². The van der Waals surface area contributed by atoms with Gasteiger partial charge >= 0.3 is 5.51 Å². The molecule has 0 bridgehead atoms. The normalized spacial score (nSPS) is 13.1. The van der Waals surface area contributed by atoms with Crippen LogP contribution in [0.3, 0.4) is 0 Å². The first kappa shape index (κ1) is 16.8. The number of nitrogens with one attached hydrogen (secondary N) is 1. The summed E-state index contributed by atoms with van der Waals surface area (Å²) in [6, 6.07) is 2.71. The Morgan fingerprint density at radius 3 is 2.85 bits per heavy atom. The van der Waals surface area contributed by atoms with Crippen molar-refractivity contribution in [2.24, 2.45) is 5.92 Å². The number of thioether (sulfide) groups is 1. The molecule has 20 heavy (non-hydrogen) atoms. The van der Waals surface area contributed by atoms with E-state index in [2.05, 4.69) is 10.3 Å². The van der Waals surface area contributed by atoms with E-state index in [-0.39, 0.29) is 29.7 Å². The lowest BCUT2D eigenvalue weighted by molar-refractivity contribution is -0.0329. The standard InChI is InChI=1S/C12H15F3N2O2S/c1-8(4-6-18)7-17-10(19)9-3-2-5-16-11(9)20-12(13,14)15/h2-3,5,8,18H,4,6-7H2,1H3,(H,17,19). The Kier molecular flexibility index (Phi) is 6.28. The summed E-state index contributed by atoms with van der Waals surface area (Å²) in [6.45, 7) is 2.11. The number of halogens is 3. The molecule has 1 atom stereocenters. The van der Waals surface area contributed by atoms with Crippen molar-refractivity contribution in [3.8, 4) is 0 Å². The molecule has 1 aromatic heterocycles. The number of hydrogen-bond acceptors (Lipinski definition) is 4. The molecule has 0 aliphatic carbocycles. The minimum absolute atomic E-state index is 0.000888. The van der Waals surface area contributed by atoms with Gasteiger partial charge < -0.3 is 10.4 Å². The number of carbonyl (C=O) groups excluding carboxylic acids is 1. The molecule has 0 spiro atoms. The van der Waals surface area contributed by atoms with Gasteiger partial charge in [0.15, 0.2) is 0 Å². The quantitative estimate of drug-likeness (QED) is 0.792. The van der Waals surface area contributed by atoms with E-state index in [1.165, 1.54) is 18.3 Å². The first-order chi connectivity index (χ1) is 9.33. The zero-order valence-electron chi connectivity index (χ0n) is 10.8. The molecule has 112 valence electrons. The number of hydrogen-bond donors (Lipinski definition) is 2. The second-order valence-corrected chi connectivity index (χ2v) is 5.29. The molecule has 4 nitrogen and oxygen atoms in total. The van der Waals surface area contributed by atoms with Crippen molar-refractivity contribution >= 4 is 17.7 Å².